The standard InChI is InChI=1S/C22H34N6O/c1-17(16-28-19(3)12-18(2)26-28)13-24-22(29)25-15-20-8-9-21(23-14-20)27-10-6-4-5-7-11-27/h8-9,12,14,17H,4-7,10-11,13,15-16H2,1-3H3,(H2,24,25,29). The minimum Gasteiger partial charge on any atom is -0.357 e. The third-order valence-corrected chi connectivity index (χ3v) is 5.39. The number of hydrogen-bond acceptors (Lipinski definition) is 4. The summed E-state index contributed by atoms with van der Waals surface area (Å²) < 4.78 is 2.00. The van der Waals surface area contributed by atoms with Crippen molar-refractivity contribution in [3.05, 3.63) is 41.3 Å². The summed E-state index contributed by atoms with van der Waals surface area (Å²) in [7, 11) is 0. The van der Waals surface area contributed by atoms with Crippen molar-refractivity contribution >= 4 is 11.8 Å². The number of carbonyl (C=O) groups is 1. The Balaban J connectivity index is 1.39. The summed E-state index contributed by atoms with van der Waals surface area (Å²) in [6, 6.07) is 6.04. The maximum absolute atomic E-state index is 12.1. The van der Waals surface area contributed by atoms with Gasteiger partial charge < -0.3 is 15.5 Å². The summed E-state index contributed by atoms with van der Waals surface area (Å²) in [6.07, 6.45) is 6.97. The van der Waals surface area contributed by atoms with Crippen molar-refractivity contribution in [1.82, 2.24) is 25.4 Å². The van der Waals surface area contributed by atoms with E-state index in [1.54, 1.807) is 0 Å². The van der Waals surface area contributed by atoms with Gasteiger partial charge in [0.15, 0.2) is 0 Å². The lowest BCUT2D eigenvalue weighted by atomic mass is 10.2. The van der Waals surface area contributed by atoms with Gasteiger partial charge in [-0.3, -0.25) is 4.68 Å². The SMILES string of the molecule is Cc1cc(C)n(CC(C)CNC(=O)NCc2ccc(N3CCCCCC3)nc2)n1. The van der Waals surface area contributed by atoms with Crippen molar-refractivity contribution in [2.45, 2.75) is 59.5 Å². The predicted molar refractivity (Wildman–Crippen MR) is 116 cm³/mol. The second kappa shape index (κ2) is 10.3. The van der Waals surface area contributed by atoms with E-state index in [0.717, 1.165) is 42.4 Å². The average Bonchev–Trinajstić information content (AvgIpc) is 2.91. The molecule has 0 aliphatic carbocycles. The van der Waals surface area contributed by atoms with Gasteiger partial charge in [0, 0.05) is 44.6 Å². The highest BCUT2D eigenvalue weighted by Crippen LogP contribution is 2.17. The topological polar surface area (TPSA) is 75.1 Å². The van der Waals surface area contributed by atoms with Crippen LogP contribution in [0.3, 0.4) is 0 Å². The molecule has 0 spiro atoms. The molecule has 0 aromatic carbocycles. The molecule has 1 atom stereocenters. The largest absolute Gasteiger partial charge is 0.357 e. The van der Waals surface area contributed by atoms with Gasteiger partial charge in [-0.2, -0.15) is 5.10 Å². The lowest BCUT2D eigenvalue weighted by Crippen LogP contribution is -2.38. The summed E-state index contributed by atoms with van der Waals surface area (Å²) in [5, 5.41) is 10.3. The quantitative estimate of drug-likeness (QED) is 0.749. The van der Waals surface area contributed by atoms with Crippen LogP contribution in [0.2, 0.25) is 0 Å². The second-order valence-electron chi connectivity index (χ2n) is 8.20. The third kappa shape index (κ3) is 6.48. The summed E-state index contributed by atoms with van der Waals surface area (Å²) in [4.78, 5) is 19.1. The molecule has 1 aliphatic heterocycles. The Morgan fingerprint density at radius 3 is 2.52 bits per heavy atom. The first kappa shape index (κ1) is 21.1. The highest BCUT2D eigenvalue weighted by Gasteiger charge is 2.11. The van der Waals surface area contributed by atoms with E-state index in [-0.39, 0.29) is 6.03 Å². The smallest absolute Gasteiger partial charge is 0.315 e. The molecule has 1 saturated heterocycles. The van der Waals surface area contributed by atoms with Crippen molar-refractivity contribution in [2.24, 2.45) is 5.92 Å². The van der Waals surface area contributed by atoms with Crippen molar-refractivity contribution in [3.63, 3.8) is 0 Å². The molecule has 1 aliphatic rings. The average molecular weight is 399 g/mol. The van der Waals surface area contributed by atoms with E-state index in [0.29, 0.717) is 19.0 Å². The molecule has 29 heavy (non-hydrogen) atoms. The molecular weight excluding hydrogens is 364 g/mol. The number of carbonyl (C=O) groups excluding carboxylic acids is 1. The Kier molecular flexibility index (Phi) is 7.49. The van der Waals surface area contributed by atoms with E-state index in [1.165, 1.54) is 25.7 Å². The molecule has 3 heterocycles. The highest BCUT2D eigenvalue weighted by atomic mass is 16.2. The molecule has 7 heteroatoms. The van der Waals surface area contributed by atoms with Crippen LogP contribution in [0.1, 0.15) is 49.6 Å². The number of aryl methyl sites for hydroxylation is 2. The Hall–Kier alpha value is -2.57. The zero-order valence-corrected chi connectivity index (χ0v) is 17.9. The monoisotopic (exact) mass is 398 g/mol. The lowest BCUT2D eigenvalue weighted by molar-refractivity contribution is 0.238. The summed E-state index contributed by atoms with van der Waals surface area (Å²) in [5.41, 5.74) is 3.18. The lowest BCUT2D eigenvalue weighted by Gasteiger charge is -2.21. The van der Waals surface area contributed by atoms with Gasteiger partial charge in [-0.1, -0.05) is 25.8 Å². The van der Waals surface area contributed by atoms with Crippen molar-refractivity contribution in [2.75, 3.05) is 24.5 Å². The van der Waals surface area contributed by atoms with Gasteiger partial charge in [-0.15, -0.1) is 0 Å². The van der Waals surface area contributed by atoms with Crippen molar-refractivity contribution < 1.29 is 4.79 Å². The molecule has 3 rings (SSSR count). The molecule has 1 unspecified atom stereocenters. The van der Waals surface area contributed by atoms with Gasteiger partial charge in [0.25, 0.3) is 0 Å². The molecule has 0 bridgehead atoms. The first-order valence-electron chi connectivity index (χ1n) is 10.7. The summed E-state index contributed by atoms with van der Waals surface area (Å²) in [6.45, 7) is 10.2. The Labute approximate surface area is 173 Å². The highest BCUT2D eigenvalue weighted by molar-refractivity contribution is 5.73. The summed E-state index contributed by atoms with van der Waals surface area (Å²) in [5.74, 6) is 1.34. The van der Waals surface area contributed by atoms with Crippen LogP contribution in [0.25, 0.3) is 0 Å². The summed E-state index contributed by atoms with van der Waals surface area (Å²) >= 11 is 0. The molecule has 0 radical (unpaired) electrons. The predicted octanol–water partition coefficient (Wildman–Crippen LogP) is 3.41. The van der Waals surface area contributed by atoms with Gasteiger partial charge in [-0.25, -0.2) is 9.78 Å². The van der Waals surface area contributed by atoms with E-state index < -0.39 is 0 Å². The van der Waals surface area contributed by atoms with Crippen LogP contribution in [0.4, 0.5) is 10.6 Å². The van der Waals surface area contributed by atoms with Crippen LogP contribution >= 0.6 is 0 Å². The molecule has 158 valence electrons. The Bertz CT molecular complexity index is 777. The molecule has 0 saturated carbocycles. The first-order valence-corrected chi connectivity index (χ1v) is 10.7. The van der Waals surface area contributed by atoms with Gasteiger partial charge in [0.2, 0.25) is 0 Å². The van der Waals surface area contributed by atoms with Crippen LogP contribution in [-0.2, 0) is 13.1 Å². The number of nitrogens with zero attached hydrogens (tertiary/aromatic N) is 4. The minimum absolute atomic E-state index is 0.151. The van der Waals surface area contributed by atoms with Crippen LogP contribution in [0.5, 0.6) is 0 Å². The fourth-order valence-electron chi connectivity index (χ4n) is 3.74. The molecule has 2 aromatic rings. The van der Waals surface area contributed by atoms with E-state index in [9.17, 15) is 4.79 Å². The number of urea groups is 1. The fraction of sp³-hybridized carbons (Fsp3) is 0.591. The second-order valence-corrected chi connectivity index (χ2v) is 8.20. The Morgan fingerprint density at radius 1 is 1.14 bits per heavy atom. The molecule has 1 fully saturated rings. The maximum atomic E-state index is 12.1. The van der Waals surface area contributed by atoms with Gasteiger partial charge in [-0.05, 0) is 50.3 Å². The van der Waals surface area contributed by atoms with E-state index in [1.807, 2.05) is 17.8 Å². The van der Waals surface area contributed by atoms with Crippen LogP contribution in [0, 0.1) is 19.8 Å². The number of amides is 2. The van der Waals surface area contributed by atoms with Gasteiger partial charge in [0.05, 0.1) is 5.69 Å². The normalized spacial score (nSPS) is 15.6. The molecule has 2 aromatic heterocycles. The maximum Gasteiger partial charge on any atom is 0.315 e. The minimum atomic E-state index is -0.151. The fourth-order valence-corrected chi connectivity index (χ4v) is 3.74. The van der Waals surface area contributed by atoms with Crippen molar-refractivity contribution in [3.8, 4) is 0 Å². The number of nitrogens with one attached hydrogen (secondary N) is 2. The zero-order valence-electron chi connectivity index (χ0n) is 17.9. The van der Waals surface area contributed by atoms with E-state index >= 15 is 0 Å². The molecule has 2 amide bonds. The number of rotatable bonds is 7. The van der Waals surface area contributed by atoms with Gasteiger partial charge in [0.1, 0.15) is 5.82 Å². The number of anilines is 1. The number of pyridine rings is 1. The van der Waals surface area contributed by atoms with Crippen LogP contribution in [-0.4, -0.2) is 40.4 Å². The van der Waals surface area contributed by atoms with Crippen molar-refractivity contribution in [1.29, 1.82) is 0 Å². The molecule has 2 N–H and O–H groups in total. The number of hydrogen-bond donors (Lipinski definition) is 2. The number of aromatic nitrogens is 3. The van der Waals surface area contributed by atoms with Crippen LogP contribution in [0.15, 0.2) is 24.4 Å². The van der Waals surface area contributed by atoms with E-state index in [2.05, 4.69) is 57.7 Å². The molecule has 7 nitrogen and oxygen atoms in total. The van der Waals surface area contributed by atoms with Gasteiger partial charge >= 0.3 is 6.03 Å². The molecular formula is C22H34N6O. The first-order chi connectivity index (χ1) is 14.0. The van der Waals surface area contributed by atoms with Crippen LogP contribution < -0.4 is 15.5 Å². The third-order valence-electron chi connectivity index (χ3n) is 5.39. The zero-order chi connectivity index (χ0) is 20.6. The Morgan fingerprint density at radius 2 is 1.90 bits per heavy atom. The van der Waals surface area contributed by atoms with E-state index in [4.69, 9.17) is 0 Å².